The highest BCUT2D eigenvalue weighted by atomic mass is 16.5. The summed E-state index contributed by atoms with van der Waals surface area (Å²) < 4.78 is 5.72. The number of fused-ring (bicyclic) bond motifs is 1. The van der Waals surface area contributed by atoms with Gasteiger partial charge in [-0.15, -0.1) is 0 Å². The van der Waals surface area contributed by atoms with Crippen LogP contribution in [0.3, 0.4) is 0 Å². The number of ether oxygens (including phenoxy) is 1. The van der Waals surface area contributed by atoms with Crippen LogP contribution in [0.15, 0.2) is 72.8 Å². The summed E-state index contributed by atoms with van der Waals surface area (Å²) >= 11 is 0. The molecule has 4 nitrogen and oxygen atoms in total. The van der Waals surface area contributed by atoms with Gasteiger partial charge in [0.1, 0.15) is 11.8 Å². The summed E-state index contributed by atoms with van der Waals surface area (Å²) in [6.07, 6.45) is 2.52. The first-order chi connectivity index (χ1) is 13.8. The van der Waals surface area contributed by atoms with Crippen molar-refractivity contribution >= 4 is 16.7 Å². The highest BCUT2D eigenvalue weighted by Gasteiger charge is 2.27. The lowest BCUT2D eigenvalue weighted by Gasteiger charge is -2.25. The lowest BCUT2D eigenvalue weighted by Crippen LogP contribution is -3.11. The fraction of sp³-hybridized carbons (Fsp3) is 0.292. The largest absolute Gasteiger partial charge is 0.484 e. The van der Waals surface area contributed by atoms with Crippen molar-refractivity contribution in [3.05, 3.63) is 78.4 Å². The second kappa shape index (κ2) is 8.89. The summed E-state index contributed by atoms with van der Waals surface area (Å²) in [5, 5.41) is 5.36. The SMILES string of the molecule is O=C(COc1ccc2ccccc2c1)NC[C@@H](c1ccccc1)[NH+]1CCCC1. The number of hydrogen-bond acceptors (Lipinski definition) is 2. The summed E-state index contributed by atoms with van der Waals surface area (Å²) in [6, 6.07) is 24.8. The van der Waals surface area contributed by atoms with E-state index in [9.17, 15) is 4.79 Å². The maximum Gasteiger partial charge on any atom is 0.258 e. The fourth-order valence-electron chi connectivity index (χ4n) is 4.03. The Morgan fingerprint density at radius 2 is 1.64 bits per heavy atom. The molecule has 3 aromatic rings. The van der Waals surface area contributed by atoms with Gasteiger partial charge in [-0.1, -0.05) is 60.7 Å². The molecule has 3 aromatic carbocycles. The molecule has 1 amide bonds. The summed E-state index contributed by atoms with van der Waals surface area (Å²) in [5.74, 6) is 0.645. The van der Waals surface area contributed by atoms with Gasteiger partial charge in [-0.25, -0.2) is 0 Å². The molecule has 0 unspecified atom stereocenters. The number of nitrogens with one attached hydrogen (secondary N) is 2. The van der Waals surface area contributed by atoms with Crippen molar-refractivity contribution in [3.63, 3.8) is 0 Å². The summed E-state index contributed by atoms with van der Waals surface area (Å²) in [6.45, 7) is 3.01. The molecular weight excluding hydrogens is 348 g/mol. The zero-order chi connectivity index (χ0) is 19.2. The zero-order valence-electron chi connectivity index (χ0n) is 16.1. The van der Waals surface area contributed by atoms with Crippen LogP contribution in [0.25, 0.3) is 10.8 Å². The molecule has 0 spiro atoms. The topological polar surface area (TPSA) is 42.8 Å². The van der Waals surface area contributed by atoms with E-state index in [2.05, 4.69) is 35.6 Å². The van der Waals surface area contributed by atoms with Crippen molar-refractivity contribution < 1.29 is 14.4 Å². The molecule has 1 atom stereocenters. The fourth-order valence-corrected chi connectivity index (χ4v) is 4.03. The van der Waals surface area contributed by atoms with Crippen LogP contribution >= 0.6 is 0 Å². The predicted molar refractivity (Wildman–Crippen MR) is 112 cm³/mol. The Hall–Kier alpha value is -2.85. The molecule has 2 N–H and O–H groups in total. The quantitative estimate of drug-likeness (QED) is 0.667. The zero-order valence-corrected chi connectivity index (χ0v) is 16.1. The van der Waals surface area contributed by atoms with Crippen LogP contribution in [-0.4, -0.2) is 32.1 Å². The number of amides is 1. The standard InChI is InChI=1S/C24H26N2O2/c27-24(18-28-22-13-12-19-8-4-5-11-21(19)16-22)25-17-23(26-14-6-7-15-26)20-9-2-1-3-10-20/h1-5,8-13,16,23H,6-7,14-15,17-18H2,(H,25,27)/p+1/t23-/m0/s1. The maximum absolute atomic E-state index is 12.4. The molecule has 0 saturated carbocycles. The molecule has 1 fully saturated rings. The molecule has 28 heavy (non-hydrogen) atoms. The van der Waals surface area contributed by atoms with E-state index >= 15 is 0 Å². The van der Waals surface area contributed by atoms with Gasteiger partial charge in [0.05, 0.1) is 19.6 Å². The van der Waals surface area contributed by atoms with Gasteiger partial charge in [0, 0.05) is 18.4 Å². The van der Waals surface area contributed by atoms with Gasteiger partial charge in [0.15, 0.2) is 6.61 Å². The van der Waals surface area contributed by atoms with Gasteiger partial charge in [0.25, 0.3) is 5.91 Å². The number of benzene rings is 3. The van der Waals surface area contributed by atoms with Gasteiger partial charge < -0.3 is 15.0 Å². The molecule has 144 valence electrons. The van der Waals surface area contributed by atoms with Crippen LogP contribution in [0, 0.1) is 0 Å². The Labute approximate surface area is 166 Å². The lowest BCUT2D eigenvalue weighted by atomic mass is 10.1. The molecule has 0 aliphatic carbocycles. The summed E-state index contributed by atoms with van der Waals surface area (Å²) in [5.41, 5.74) is 1.29. The van der Waals surface area contributed by atoms with E-state index < -0.39 is 0 Å². The summed E-state index contributed by atoms with van der Waals surface area (Å²) in [7, 11) is 0. The number of quaternary nitrogens is 1. The first-order valence-corrected chi connectivity index (χ1v) is 10.1. The van der Waals surface area contributed by atoms with Crippen molar-refractivity contribution in [1.29, 1.82) is 0 Å². The monoisotopic (exact) mass is 375 g/mol. The van der Waals surface area contributed by atoms with Crippen molar-refractivity contribution in [2.45, 2.75) is 18.9 Å². The van der Waals surface area contributed by atoms with E-state index in [-0.39, 0.29) is 12.5 Å². The molecular formula is C24H27N2O2+. The van der Waals surface area contributed by atoms with Crippen molar-refractivity contribution in [1.82, 2.24) is 5.32 Å². The highest BCUT2D eigenvalue weighted by molar-refractivity contribution is 5.84. The predicted octanol–water partition coefficient (Wildman–Crippen LogP) is 2.75. The first kappa shape index (κ1) is 18.5. The van der Waals surface area contributed by atoms with Crippen LogP contribution in [-0.2, 0) is 4.79 Å². The van der Waals surface area contributed by atoms with Crippen LogP contribution in [0.4, 0.5) is 0 Å². The Morgan fingerprint density at radius 1 is 0.929 bits per heavy atom. The van der Waals surface area contributed by atoms with E-state index in [4.69, 9.17) is 4.74 Å². The highest BCUT2D eigenvalue weighted by Crippen LogP contribution is 2.20. The minimum absolute atomic E-state index is 0.0369. The van der Waals surface area contributed by atoms with E-state index in [1.807, 2.05) is 42.5 Å². The van der Waals surface area contributed by atoms with Gasteiger partial charge in [-0.3, -0.25) is 4.79 Å². The Bertz CT molecular complexity index is 920. The van der Waals surface area contributed by atoms with E-state index in [0.717, 1.165) is 11.1 Å². The maximum atomic E-state index is 12.4. The molecule has 1 saturated heterocycles. The second-order valence-electron chi connectivity index (χ2n) is 7.43. The van der Waals surface area contributed by atoms with Gasteiger partial charge in [0.2, 0.25) is 0 Å². The van der Waals surface area contributed by atoms with Crippen molar-refractivity contribution in [2.75, 3.05) is 26.2 Å². The normalized spacial score (nSPS) is 15.4. The number of hydrogen-bond donors (Lipinski definition) is 2. The Kier molecular flexibility index (Phi) is 5.88. The molecule has 4 rings (SSSR count). The smallest absolute Gasteiger partial charge is 0.258 e. The average molecular weight is 375 g/mol. The lowest BCUT2D eigenvalue weighted by molar-refractivity contribution is -0.918. The number of rotatable bonds is 7. The number of carbonyl (C=O) groups excluding carboxylic acids is 1. The van der Waals surface area contributed by atoms with E-state index in [0.29, 0.717) is 12.6 Å². The van der Waals surface area contributed by atoms with Crippen molar-refractivity contribution in [2.24, 2.45) is 0 Å². The number of carbonyl (C=O) groups is 1. The Balaban J connectivity index is 1.34. The molecule has 1 aliphatic heterocycles. The molecule has 0 aromatic heterocycles. The first-order valence-electron chi connectivity index (χ1n) is 10.1. The van der Waals surface area contributed by atoms with Crippen LogP contribution in [0.5, 0.6) is 5.75 Å². The molecule has 4 heteroatoms. The second-order valence-corrected chi connectivity index (χ2v) is 7.43. The third-order valence-electron chi connectivity index (χ3n) is 5.53. The molecule has 0 radical (unpaired) electrons. The third kappa shape index (κ3) is 4.52. The Morgan fingerprint density at radius 3 is 2.43 bits per heavy atom. The van der Waals surface area contributed by atoms with Gasteiger partial charge >= 0.3 is 0 Å². The van der Waals surface area contributed by atoms with E-state index in [1.54, 1.807) is 4.90 Å². The minimum atomic E-state index is -0.0762. The van der Waals surface area contributed by atoms with Crippen molar-refractivity contribution in [3.8, 4) is 5.75 Å². The van der Waals surface area contributed by atoms with Crippen LogP contribution in [0.1, 0.15) is 24.4 Å². The number of likely N-dealkylation sites (tertiary alicyclic amines) is 1. The minimum Gasteiger partial charge on any atom is -0.484 e. The molecule has 1 heterocycles. The van der Waals surface area contributed by atoms with Crippen LogP contribution in [0.2, 0.25) is 0 Å². The van der Waals surface area contributed by atoms with Crippen LogP contribution < -0.4 is 15.0 Å². The molecule has 1 aliphatic rings. The average Bonchev–Trinajstić information content (AvgIpc) is 3.27. The van der Waals surface area contributed by atoms with Gasteiger partial charge in [-0.05, 0) is 22.9 Å². The van der Waals surface area contributed by atoms with E-state index in [1.165, 1.54) is 36.9 Å². The molecule has 0 bridgehead atoms. The third-order valence-corrected chi connectivity index (χ3v) is 5.53. The van der Waals surface area contributed by atoms with Gasteiger partial charge in [-0.2, -0.15) is 0 Å². The summed E-state index contributed by atoms with van der Waals surface area (Å²) in [4.78, 5) is 13.9.